The van der Waals surface area contributed by atoms with Crippen molar-refractivity contribution in [2.75, 3.05) is 13.7 Å². The summed E-state index contributed by atoms with van der Waals surface area (Å²) in [6, 6.07) is 14.7. The Morgan fingerprint density at radius 3 is 2.70 bits per heavy atom. The third kappa shape index (κ3) is 4.23. The Balaban J connectivity index is 1.76. The highest BCUT2D eigenvalue weighted by molar-refractivity contribution is 7.07. The van der Waals surface area contributed by atoms with E-state index in [4.69, 9.17) is 9.47 Å². The summed E-state index contributed by atoms with van der Waals surface area (Å²) in [6.45, 7) is 8.26. The normalized spacial score (nSPS) is 15.4. The number of hydrogen-bond donors (Lipinski definition) is 0. The molecule has 0 radical (unpaired) electrons. The van der Waals surface area contributed by atoms with E-state index < -0.39 is 12.0 Å². The summed E-state index contributed by atoms with van der Waals surface area (Å²) >= 11 is 1.30. The molecule has 3 heterocycles. The molecule has 5 rings (SSSR count). The van der Waals surface area contributed by atoms with E-state index in [1.54, 1.807) is 25.5 Å². The maximum absolute atomic E-state index is 13.9. The molecule has 8 heteroatoms. The Labute approximate surface area is 217 Å². The molecule has 7 nitrogen and oxygen atoms in total. The van der Waals surface area contributed by atoms with E-state index in [1.165, 1.54) is 11.3 Å². The van der Waals surface area contributed by atoms with Gasteiger partial charge in [-0.1, -0.05) is 53.8 Å². The molecule has 0 aliphatic carbocycles. The van der Waals surface area contributed by atoms with E-state index >= 15 is 0 Å². The summed E-state index contributed by atoms with van der Waals surface area (Å²) in [5, 5.41) is 1.04. The summed E-state index contributed by atoms with van der Waals surface area (Å²) in [5.41, 5.74) is 3.30. The maximum atomic E-state index is 13.9. The molecule has 1 atom stereocenters. The Hall–Kier alpha value is -4.17. The largest absolute Gasteiger partial charge is 0.496 e. The van der Waals surface area contributed by atoms with Gasteiger partial charge in [0.1, 0.15) is 11.8 Å². The van der Waals surface area contributed by atoms with E-state index in [2.05, 4.69) is 22.2 Å². The average molecular weight is 514 g/mol. The molecule has 1 aliphatic heterocycles. The van der Waals surface area contributed by atoms with E-state index in [0.29, 0.717) is 38.5 Å². The van der Waals surface area contributed by atoms with Crippen molar-refractivity contribution in [3.63, 3.8) is 0 Å². The van der Waals surface area contributed by atoms with Gasteiger partial charge in [0.2, 0.25) is 0 Å². The molecular weight excluding hydrogens is 486 g/mol. The van der Waals surface area contributed by atoms with Gasteiger partial charge < -0.3 is 14.0 Å². The lowest BCUT2D eigenvalue weighted by Gasteiger charge is -2.25. The Bertz CT molecular complexity index is 1740. The van der Waals surface area contributed by atoms with Crippen LogP contribution >= 0.6 is 11.3 Å². The fourth-order valence-electron chi connectivity index (χ4n) is 4.80. The van der Waals surface area contributed by atoms with Crippen molar-refractivity contribution >= 4 is 34.3 Å². The predicted molar refractivity (Wildman–Crippen MR) is 146 cm³/mol. The Morgan fingerprint density at radius 2 is 1.95 bits per heavy atom. The molecule has 37 heavy (non-hydrogen) atoms. The van der Waals surface area contributed by atoms with Crippen molar-refractivity contribution in [1.82, 2.24) is 9.13 Å². The maximum Gasteiger partial charge on any atom is 0.338 e. The molecule has 188 valence electrons. The molecule has 0 fully saturated rings. The first kappa shape index (κ1) is 24.5. The van der Waals surface area contributed by atoms with Gasteiger partial charge in [-0.05, 0) is 32.1 Å². The number of aromatic nitrogens is 2. The lowest BCUT2D eigenvalue weighted by atomic mass is 9.95. The van der Waals surface area contributed by atoms with Gasteiger partial charge in [-0.3, -0.25) is 9.36 Å². The van der Waals surface area contributed by atoms with E-state index in [-0.39, 0.29) is 12.2 Å². The van der Waals surface area contributed by atoms with Gasteiger partial charge in [0.25, 0.3) is 5.56 Å². The number of benzene rings is 2. The molecule has 1 aliphatic rings. The van der Waals surface area contributed by atoms with Crippen LogP contribution < -0.4 is 19.6 Å². The number of hydrogen-bond acceptors (Lipinski definition) is 6. The highest BCUT2D eigenvalue weighted by atomic mass is 32.1. The highest BCUT2D eigenvalue weighted by Crippen LogP contribution is 2.35. The molecule has 0 amide bonds. The first-order valence-electron chi connectivity index (χ1n) is 12.0. The average Bonchev–Trinajstić information content (AvgIpc) is 3.40. The van der Waals surface area contributed by atoms with Crippen LogP contribution in [0.3, 0.4) is 0 Å². The van der Waals surface area contributed by atoms with Crippen molar-refractivity contribution in [2.45, 2.75) is 26.4 Å². The second-order valence-corrected chi connectivity index (χ2v) is 9.60. The number of esters is 1. The van der Waals surface area contributed by atoms with Gasteiger partial charge in [-0.25, -0.2) is 9.79 Å². The molecule has 0 spiro atoms. The number of ether oxygens (including phenoxy) is 2. The van der Waals surface area contributed by atoms with Crippen LogP contribution in [0.2, 0.25) is 0 Å². The standard InChI is InChI=1S/C29H27N3O4S/c1-5-15-31-17-19(20-11-7-9-13-22(20)31)16-24-27(33)32-26(21-12-8-10-14-23(21)35-4)25(28(34)36-6-2)18(3)30-29(32)37-24/h5,7-14,16-17,26H,1,6,15H2,2-4H3/b24-16+. The number of thiazole rings is 1. The van der Waals surface area contributed by atoms with Crippen LogP contribution in [0.25, 0.3) is 17.0 Å². The summed E-state index contributed by atoms with van der Waals surface area (Å²) in [7, 11) is 1.57. The summed E-state index contributed by atoms with van der Waals surface area (Å²) in [4.78, 5) is 32.2. The number of allylic oxidation sites excluding steroid dienone is 2. The van der Waals surface area contributed by atoms with Gasteiger partial charge in [0, 0.05) is 34.8 Å². The number of carbonyl (C=O) groups excluding carboxylic acids is 1. The Kier molecular flexibility index (Phi) is 6.67. The number of rotatable bonds is 7. The zero-order chi connectivity index (χ0) is 26.1. The van der Waals surface area contributed by atoms with Gasteiger partial charge in [-0.15, -0.1) is 6.58 Å². The molecule has 4 aromatic rings. The summed E-state index contributed by atoms with van der Waals surface area (Å²) in [6.07, 6.45) is 5.77. The van der Waals surface area contributed by atoms with E-state index in [1.807, 2.05) is 60.8 Å². The minimum Gasteiger partial charge on any atom is -0.496 e. The molecule has 1 unspecified atom stereocenters. The van der Waals surface area contributed by atoms with Gasteiger partial charge in [0.15, 0.2) is 4.80 Å². The highest BCUT2D eigenvalue weighted by Gasteiger charge is 2.35. The number of methoxy groups -OCH3 is 1. The van der Waals surface area contributed by atoms with Crippen molar-refractivity contribution in [2.24, 2.45) is 4.99 Å². The predicted octanol–water partition coefficient (Wildman–Crippen LogP) is 3.95. The van der Waals surface area contributed by atoms with Crippen LogP contribution in [0, 0.1) is 0 Å². The second kappa shape index (κ2) is 10.1. The van der Waals surface area contributed by atoms with Crippen LogP contribution in [0.1, 0.15) is 31.0 Å². The number of carbonyl (C=O) groups is 1. The Morgan fingerprint density at radius 1 is 1.19 bits per heavy atom. The van der Waals surface area contributed by atoms with Crippen LogP contribution in [0.15, 0.2) is 88.4 Å². The SMILES string of the molecule is C=CCn1cc(/C=c2/sc3n(c2=O)C(c2ccccc2OC)C(C(=O)OCC)=C(C)N=3)c2ccccc21. The second-order valence-electron chi connectivity index (χ2n) is 8.59. The summed E-state index contributed by atoms with van der Waals surface area (Å²) < 4.78 is 15.2. The molecular formula is C29H27N3O4S. The smallest absolute Gasteiger partial charge is 0.338 e. The van der Waals surface area contributed by atoms with E-state index in [9.17, 15) is 9.59 Å². The van der Waals surface area contributed by atoms with E-state index in [0.717, 1.165) is 16.5 Å². The van der Waals surface area contributed by atoms with Crippen molar-refractivity contribution < 1.29 is 14.3 Å². The molecule has 2 aromatic carbocycles. The zero-order valence-corrected chi connectivity index (χ0v) is 21.7. The van der Waals surface area contributed by atoms with Crippen LogP contribution in [0.4, 0.5) is 0 Å². The third-order valence-corrected chi connectivity index (χ3v) is 7.37. The van der Waals surface area contributed by atoms with Crippen molar-refractivity contribution in [1.29, 1.82) is 0 Å². The number of para-hydroxylation sites is 2. The molecule has 0 saturated carbocycles. The van der Waals surface area contributed by atoms with Crippen molar-refractivity contribution in [3.8, 4) is 5.75 Å². The molecule has 2 aromatic heterocycles. The zero-order valence-electron chi connectivity index (χ0n) is 20.9. The van der Waals surface area contributed by atoms with Crippen LogP contribution in [-0.2, 0) is 16.1 Å². The minimum atomic E-state index is -0.726. The number of nitrogens with zero attached hydrogens (tertiary/aromatic N) is 3. The fraction of sp³-hybridized carbons (Fsp3) is 0.207. The first-order valence-corrected chi connectivity index (χ1v) is 12.8. The van der Waals surface area contributed by atoms with Crippen LogP contribution in [0.5, 0.6) is 5.75 Å². The topological polar surface area (TPSA) is 74.8 Å². The third-order valence-electron chi connectivity index (χ3n) is 6.38. The fourth-order valence-corrected chi connectivity index (χ4v) is 5.84. The lowest BCUT2D eigenvalue weighted by Crippen LogP contribution is -2.40. The molecule has 0 N–H and O–H groups in total. The summed E-state index contributed by atoms with van der Waals surface area (Å²) in [5.74, 6) is 0.0764. The molecule has 0 saturated heterocycles. The molecule has 0 bridgehead atoms. The quantitative estimate of drug-likeness (QED) is 0.277. The number of fused-ring (bicyclic) bond motifs is 2. The van der Waals surface area contributed by atoms with Crippen molar-refractivity contribution in [3.05, 3.63) is 109 Å². The van der Waals surface area contributed by atoms with Gasteiger partial charge >= 0.3 is 5.97 Å². The van der Waals surface area contributed by atoms with Gasteiger partial charge in [0.05, 0.1) is 29.5 Å². The minimum absolute atomic E-state index is 0.216. The van der Waals surface area contributed by atoms with Crippen LogP contribution in [-0.4, -0.2) is 28.8 Å². The first-order chi connectivity index (χ1) is 18.0. The van der Waals surface area contributed by atoms with Gasteiger partial charge in [-0.2, -0.15) is 0 Å². The monoisotopic (exact) mass is 513 g/mol. The lowest BCUT2D eigenvalue weighted by molar-refractivity contribution is -0.139.